The summed E-state index contributed by atoms with van der Waals surface area (Å²) in [4.78, 5) is 27.7. The van der Waals surface area contributed by atoms with E-state index in [0.717, 1.165) is 48.4 Å². The average Bonchev–Trinajstić information content (AvgIpc) is 2.75. The molecule has 0 saturated heterocycles. The summed E-state index contributed by atoms with van der Waals surface area (Å²) < 4.78 is 5.37. The van der Waals surface area contributed by atoms with Gasteiger partial charge in [0.15, 0.2) is 0 Å². The van der Waals surface area contributed by atoms with Gasteiger partial charge in [-0.05, 0) is 68.4 Å². The van der Waals surface area contributed by atoms with Crippen LogP contribution in [0.1, 0.15) is 49.3 Å². The topological polar surface area (TPSA) is 70.7 Å². The Hall–Kier alpha value is -3.02. The van der Waals surface area contributed by atoms with Crippen molar-refractivity contribution in [2.75, 3.05) is 17.7 Å². The summed E-state index contributed by atoms with van der Waals surface area (Å²) in [5, 5.41) is 6.10. The second-order valence-electron chi connectivity index (χ2n) is 9.09. The number of hydrogen-bond donors (Lipinski definition) is 2. The first-order valence-corrected chi connectivity index (χ1v) is 10.9. The Morgan fingerprint density at radius 3 is 2.61 bits per heavy atom. The van der Waals surface area contributed by atoms with E-state index in [2.05, 4.69) is 23.6 Å². The van der Waals surface area contributed by atoms with Crippen LogP contribution in [0.25, 0.3) is 0 Å². The number of fused-ring (bicyclic) bond motifs is 1. The number of methoxy groups -OCH3 is 1. The van der Waals surface area contributed by atoms with Crippen LogP contribution in [0.3, 0.4) is 0 Å². The predicted octanol–water partition coefficient (Wildman–Crippen LogP) is 5.25. The number of hydrogen-bond acceptors (Lipinski definition) is 3. The highest BCUT2D eigenvalue weighted by molar-refractivity contribution is 5.95. The van der Waals surface area contributed by atoms with Gasteiger partial charge in [-0.2, -0.15) is 0 Å². The fourth-order valence-corrected chi connectivity index (χ4v) is 4.71. The predicted molar refractivity (Wildman–Crippen MR) is 122 cm³/mol. The van der Waals surface area contributed by atoms with Crippen LogP contribution in [0.4, 0.5) is 16.2 Å². The van der Waals surface area contributed by atoms with Crippen molar-refractivity contribution in [1.29, 1.82) is 0 Å². The van der Waals surface area contributed by atoms with E-state index in [-0.39, 0.29) is 18.0 Å². The first-order chi connectivity index (χ1) is 14.8. The van der Waals surface area contributed by atoms with Gasteiger partial charge in [0, 0.05) is 28.9 Å². The van der Waals surface area contributed by atoms with Gasteiger partial charge < -0.3 is 20.3 Å². The Kier molecular flexibility index (Phi) is 5.65. The van der Waals surface area contributed by atoms with Gasteiger partial charge in [-0.15, -0.1) is 0 Å². The number of carbonyl (C=O) groups is 2. The maximum absolute atomic E-state index is 13.1. The van der Waals surface area contributed by atoms with E-state index in [4.69, 9.17) is 4.74 Å². The minimum Gasteiger partial charge on any atom is -0.496 e. The van der Waals surface area contributed by atoms with E-state index in [9.17, 15) is 9.59 Å². The molecule has 1 heterocycles. The third-order valence-electron chi connectivity index (χ3n) is 6.95. The smallest absolute Gasteiger partial charge is 0.322 e. The number of anilines is 2. The average molecular weight is 422 g/mol. The summed E-state index contributed by atoms with van der Waals surface area (Å²) in [7, 11) is 1.63. The molecule has 2 aromatic carbocycles. The number of nitrogens with zero attached hydrogens (tertiary/aromatic N) is 1. The van der Waals surface area contributed by atoms with Gasteiger partial charge >= 0.3 is 6.03 Å². The van der Waals surface area contributed by atoms with Crippen LogP contribution < -0.4 is 15.4 Å². The molecule has 6 heteroatoms. The van der Waals surface area contributed by atoms with Crippen LogP contribution in [0.15, 0.2) is 36.4 Å². The molecule has 2 aromatic rings. The van der Waals surface area contributed by atoms with Crippen molar-refractivity contribution in [3.63, 3.8) is 0 Å². The summed E-state index contributed by atoms with van der Waals surface area (Å²) in [5.41, 5.74) is 4.61. The number of amides is 3. The molecule has 6 nitrogen and oxygen atoms in total. The molecule has 0 aromatic heterocycles. The number of rotatable bonds is 4. The Labute approximate surface area is 184 Å². The molecule has 0 radical (unpaired) electrons. The van der Waals surface area contributed by atoms with E-state index >= 15 is 0 Å². The highest BCUT2D eigenvalue weighted by Crippen LogP contribution is 2.40. The molecule has 0 bridgehead atoms. The van der Waals surface area contributed by atoms with Crippen molar-refractivity contribution >= 4 is 23.3 Å². The number of carbonyl (C=O) groups excluding carboxylic acids is 2. The Bertz CT molecular complexity index is 1010. The Morgan fingerprint density at radius 2 is 1.90 bits per heavy atom. The SMILES string of the molecule is COc1cc(NC(=O)C2(C)CCC(N3Cc4c(C)cccc4NC3=O)CC2)ccc1C. The summed E-state index contributed by atoms with van der Waals surface area (Å²) in [5.74, 6) is 0.791. The van der Waals surface area contributed by atoms with E-state index in [1.807, 2.05) is 49.1 Å². The molecule has 3 amide bonds. The van der Waals surface area contributed by atoms with Gasteiger partial charge in [0.1, 0.15) is 5.75 Å². The number of benzene rings is 2. The van der Waals surface area contributed by atoms with Crippen molar-refractivity contribution in [2.45, 2.75) is 59.0 Å². The maximum Gasteiger partial charge on any atom is 0.322 e. The fourth-order valence-electron chi connectivity index (χ4n) is 4.71. The Morgan fingerprint density at radius 1 is 1.16 bits per heavy atom. The van der Waals surface area contributed by atoms with Crippen molar-refractivity contribution in [1.82, 2.24) is 4.90 Å². The zero-order valence-corrected chi connectivity index (χ0v) is 18.7. The molecule has 1 aliphatic carbocycles. The standard InChI is InChI=1S/C25H31N3O3/c1-16-6-5-7-21-20(16)15-28(24(30)27-21)19-10-12-25(3,13-11-19)23(29)26-18-9-8-17(2)22(14-18)31-4/h5-9,14,19H,10-13,15H2,1-4H3,(H,26,29)(H,27,30). The minimum atomic E-state index is -0.450. The lowest BCUT2D eigenvalue weighted by Crippen LogP contribution is -2.49. The lowest BCUT2D eigenvalue weighted by atomic mass is 9.72. The molecule has 1 aliphatic heterocycles. The van der Waals surface area contributed by atoms with Gasteiger partial charge in [-0.1, -0.05) is 25.1 Å². The zero-order valence-electron chi connectivity index (χ0n) is 18.7. The highest BCUT2D eigenvalue weighted by atomic mass is 16.5. The van der Waals surface area contributed by atoms with Gasteiger partial charge in [0.25, 0.3) is 0 Å². The van der Waals surface area contributed by atoms with Crippen molar-refractivity contribution < 1.29 is 14.3 Å². The second kappa shape index (κ2) is 8.25. The van der Waals surface area contributed by atoms with E-state index in [1.165, 1.54) is 11.1 Å². The van der Waals surface area contributed by atoms with Crippen molar-refractivity contribution in [2.24, 2.45) is 5.41 Å². The van der Waals surface area contributed by atoms with Crippen LogP contribution >= 0.6 is 0 Å². The molecular weight excluding hydrogens is 390 g/mol. The lowest BCUT2D eigenvalue weighted by molar-refractivity contribution is -0.126. The third-order valence-corrected chi connectivity index (χ3v) is 6.95. The molecule has 1 fully saturated rings. The summed E-state index contributed by atoms with van der Waals surface area (Å²) in [6, 6.07) is 11.8. The maximum atomic E-state index is 13.1. The van der Waals surface area contributed by atoms with E-state index in [0.29, 0.717) is 6.54 Å². The van der Waals surface area contributed by atoms with E-state index in [1.54, 1.807) is 7.11 Å². The van der Waals surface area contributed by atoms with Crippen molar-refractivity contribution in [3.8, 4) is 5.75 Å². The molecule has 0 spiro atoms. The van der Waals surface area contributed by atoms with Gasteiger partial charge in [-0.25, -0.2) is 4.79 Å². The molecule has 164 valence electrons. The monoisotopic (exact) mass is 421 g/mol. The fraction of sp³-hybridized carbons (Fsp3) is 0.440. The minimum absolute atomic E-state index is 0.0288. The van der Waals surface area contributed by atoms with Crippen LogP contribution in [0.5, 0.6) is 5.75 Å². The first kappa shape index (κ1) is 21.2. The summed E-state index contributed by atoms with van der Waals surface area (Å²) in [6.45, 7) is 6.71. The lowest BCUT2D eigenvalue weighted by Gasteiger charge is -2.42. The molecule has 31 heavy (non-hydrogen) atoms. The van der Waals surface area contributed by atoms with Gasteiger partial charge in [0.05, 0.1) is 13.7 Å². The van der Waals surface area contributed by atoms with Crippen LogP contribution in [-0.4, -0.2) is 30.0 Å². The van der Waals surface area contributed by atoms with Crippen LogP contribution in [0, 0.1) is 19.3 Å². The number of ether oxygens (including phenoxy) is 1. The molecule has 4 rings (SSSR count). The molecule has 1 saturated carbocycles. The summed E-state index contributed by atoms with van der Waals surface area (Å²) >= 11 is 0. The molecule has 2 N–H and O–H groups in total. The molecule has 2 aliphatic rings. The van der Waals surface area contributed by atoms with Crippen molar-refractivity contribution in [3.05, 3.63) is 53.1 Å². The second-order valence-corrected chi connectivity index (χ2v) is 9.09. The number of urea groups is 1. The quantitative estimate of drug-likeness (QED) is 0.709. The van der Waals surface area contributed by atoms with Crippen LogP contribution in [-0.2, 0) is 11.3 Å². The van der Waals surface area contributed by atoms with E-state index < -0.39 is 5.41 Å². The third kappa shape index (κ3) is 4.11. The molecule has 0 unspecified atom stereocenters. The molecule has 0 atom stereocenters. The molecular formula is C25H31N3O3. The zero-order chi connectivity index (χ0) is 22.2. The summed E-state index contributed by atoms with van der Waals surface area (Å²) in [6.07, 6.45) is 3.12. The van der Waals surface area contributed by atoms with Crippen LogP contribution in [0.2, 0.25) is 0 Å². The number of aryl methyl sites for hydroxylation is 2. The normalized spacial score (nSPS) is 23.0. The number of nitrogens with one attached hydrogen (secondary N) is 2. The van der Waals surface area contributed by atoms with Gasteiger partial charge in [0.2, 0.25) is 5.91 Å². The Balaban J connectivity index is 1.41. The highest BCUT2D eigenvalue weighted by Gasteiger charge is 2.41. The first-order valence-electron chi connectivity index (χ1n) is 10.9. The largest absolute Gasteiger partial charge is 0.496 e. The van der Waals surface area contributed by atoms with Gasteiger partial charge in [-0.3, -0.25) is 4.79 Å².